The van der Waals surface area contributed by atoms with E-state index in [1.807, 2.05) is 19.0 Å². The Morgan fingerprint density at radius 1 is 1.62 bits per heavy atom. The molecule has 1 aliphatic rings. The lowest BCUT2D eigenvalue weighted by atomic mass is 10.1. The molecule has 0 bridgehead atoms. The van der Waals surface area contributed by atoms with Gasteiger partial charge in [-0.1, -0.05) is 0 Å². The van der Waals surface area contributed by atoms with Crippen molar-refractivity contribution in [1.29, 1.82) is 0 Å². The number of nitrogens with zero attached hydrogens (tertiary/aromatic N) is 1. The fourth-order valence-corrected chi connectivity index (χ4v) is 2.05. The van der Waals surface area contributed by atoms with Crippen LogP contribution in [0.25, 0.3) is 0 Å². The minimum absolute atomic E-state index is 0.00321. The molecule has 0 aromatic heterocycles. The van der Waals surface area contributed by atoms with Crippen LogP contribution < -0.4 is 10.6 Å². The molecule has 1 saturated heterocycles. The number of carbonyl (C=O) groups is 1. The Balaban J connectivity index is 2.29. The zero-order valence-corrected chi connectivity index (χ0v) is 10.4. The quantitative estimate of drug-likeness (QED) is 0.575. The molecular formula is C11H23N3O2. The maximum atomic E-state index is 11.7. The maximum absolute atomic E-state index is 11.7. The van der Waals surface area contributed by atoms with Gasteiger partial charge in [0.15, 0.2) is 0 Å². The van der Waals surface area contributed by atoms with Crippen molar-refractivity contribution in [2.75, 3.05) is 33.7 Å². The zero-order chi connectivity index (χ0) is 12.2. The third-order valence-corrected chi connectivity index (χ3v) is 2.68. The number of nitrogens with one attached hydrogen (secondary N) is 2. The first-order chi connectivity index (χ1) is 7.41. The summed E-state index contributed by atoms with van der Waals surface area (Å²) in [5.74, 6) is -0.00321. The van der Waals surface area contributed by atoms with E-state index in [1.54, 1.807) is 6.92 Å². The Hall–Kier alpha value is -0.650. The first kappa shape index (κ1) is 13.4. The minimum atomic E-state index is -0.877. The Kier molecular flexibility index (Phi) is 4.70. The van der Waals surface area contributed by atoms with Gasteiger partial charge in [-0.05, 0) is 40.4 Å². The monoisotopic (exact) mass is 229 g/mol. The highest BCUT2D eigenvalue weighted by molar-refractivity contribution is 5.82. The number of amides is 1. The molecular weight excluding hydrogens is 206 g/mol. The molecule has 0 aromatic carbocycles. The van der Waals surface area contributed by atoms with Crippen molar-refractivity contribution in [3.05, 3.63) is 0 Å². The number of aliphatic hydroxyl groups is 1. The van der Waals surface area contributed by atoms with E-state index in [0.29, 0.717) is 13.1 Å². The van der Waals surface area contributed by atoms with E-state index in [0.717, 1.165) is 19.4 Å². The summed E-state index contributed by atoms with van der Waals surface area (Å²) >= 11 is 0. The molecule has 0 radical (unpaired) electrons. The van der Waals surface area contributed by atoms with Crippen LogP contribution >= 0.6 is 0 Å². The average Bonchev–Trinajstić information content (AvgIpc) is 2.64. The van der Waals surface area contributed by atoms with Crippen molar-refractivity contribution in [3.63, 3.8) is 0 Å². The number of rotatable bonds is 5. The molecule has 1 heterocycles. The van der Waals surface area contributed by atoms with Crippen LogP contribution in [0.3, 0.4) is 0 Å². The molecule has 5 nitrogen and oxygen atoms in total. The van der Waals surface area contributed by atoms with Crippen LogP contribution in [0.4, 0.5) is 0 Å². The normalized spacial score (nSPS) is 24.4. The summed E-state index contributed by atoms with van der Waals surface area (Å²) in [6.07, 6.45) is 1.94. The third-order valence-electron chi connectivity index (χ3n) is 2.68. The topological polar surface area (TPSA) is 64.6 Å². The van der Waals surface area contributed by atoms with Crippen LogP contribution in [0, 0.1) is 0 Å². The van der Waals surface area contributed by atoms with Crippen molar-refractivity contribution in [1.82, 2.24) is 15.5 Å². The van der Waals surface area contributed by atoms with E-state index in [2.05, 4.69) is 10.6 Å². The SMILES string of the molecule is CN(C)CC(C)(O)CNC(=O)C1CCCN1. The molecule has 16 heavy (non-hydrogen) atoms. The molecule has 0 aliphatic carbocycles. The van der Waals surface area contributed by atoms with Crippen molar-refractivity contribution >= 4 is 5.91 Å². The molecule has 1 rings (SSSR count). The Morgan fingerprint density at radius 2 is 2.31 bits per heavy atom. The second-order valence-corrected chi connectivity index (χ2v) is 5.10. The summed E-state index contributed by atoms with van der Waals surface area (Å²) in [5.41, 5.74) is -0.877. The summed E-state index contributed by atoms with van der Waals surface area (Å²) in [5, 5.41) is 15.9. The molecule has 5 heteroatoms. The molecule has 1 amide bonds. The molecule has 3 N–H and O–H groups in total. The van der Waals surface area contributed by atoms with Crippen LogP contribution in [0.5, 0.6) is 0 Å². The summed E-state index contributed by atoms with van der Waals surface area (Å²) < 4.78 is 0. The molecule has 0 saturated carbocycles. The highest BCUT2D eigenvalue weighted by Crippen LogP contribution is 2.06. The fraction of sp³-hybridized carbons (Fsp3) is 0.909. The average molecular weight is 229 g/mol. The third kappa shape index (κ3) is 4.47. The van der Waals surface area contributed by atoms with E-state index in [1.165, 1.54) is 0 Å². The Labute approximate surface area is 97.2 Å². The van der Waals surface area contributed by atoms with Crippen LogP contribution in [-0.2, 0) is 4.79 Å². The lowest BCUT2D eigenvalue weighted by Crippen LogP contribution is -2.50. The van der Waals surface area contributed by atoms with E-state index in [-0.39, 0.29) is 11.9 Å². The molecule has 1 fully saturated rings. The van der Waals surface area contributed by atoms with Crippen LogP contribution in [0.15, 0.2) is 0 Å². The second kappa shape index (κ2) is 5.61. The standard InChI is InChI=1S/C11H23N3O2/c1-11(16,8-14(2)3)7-13-10(15)9-5-4-6-12-9/h9,12,16H,4-8H2,1-3H3,(H,13,15). The first-order valence-corrected chi connectivity index (χ1v) is 5.79. The van der Waals surface area contributed by atoms with Gasteiger partial charge >= 0.3 is 0 Å². The highest BCUT2D eigenvalue weighted by Gasteiger charge is 2.26. The van der Waals surface area contributed by atoms with Crippen molar-refractivity contribution in [2.24, 2.45) is 0 Å². The number of carbonyl (C=O) groups excluding carboxylic acids is 1. The van der Waals surface area contributed by atoms with Gasteiger partial charge in [-0.25, -0.2) is 0 Å². The highest BCUT2D eigenvalue weighted by atomic mass is 16.3. The van der Waals surface area contributed by atoms with Gasteiger partial charge in [0.1, 0.15) is 0 Å². The van der Waals surface area contributed by atoms with Crippen LogP contribution in [-0.4, -0.2) is 61.3 Å². The maximum Gasteiger partial charge on any atom is 0.237 e. The Morgan fingerprint density at radius 3 is 2.81 bits per heavy atom. The molecule has 1 aliphatic heterocycles. The van der Waals surface area contributed by atoms with E-state index >= 15 is 0 Å². The predicted octanol–water partition coefficient (Wildman–Crippen LogP) is -0.833. The van der Waals surface area contributed by atoms with Crippen molar-refractivity contribution < 1.29 is 9.90 Å². The summed E-state index contributed by atoms with van der Waals surface area (Å²) in [6, 6.07) is -0.0739. The lowest BCUT2D eigenvalue weighted by molar-refractivity contribution is -0.124. The Bertz CT molecular complexity index is 235. The summed E-state index contributed by atoms with van der Waals surface area (Å²) in [7, 11) is 3.80. The smallest absolute Gasteiger partial charge is 0.237 e. The lowest BCUT2D eigenvalue weighted by Gasteiger charge is -2.27. The summed E-state index contributed by atoms with van der Waals surface area (Å²) in [4.78, 5) is 13.6. The van der Waals surface area contributed by atoms with Gasteiger partial charge in [-0.3, -0.25) is 4.79 Å². The van der Waals surface area contributed by atoms with Crippen LogP contribution in [0.1, 0.15) is 19.8 Å². The molecule has 2 atom stereocenters. The van der Waals surface area contributed by atoms with E-state index in [4.69, 9.17) is 0 Å². The summed E-state index contributed by atoms with van der Waals surface area (Å²) in [6.45, 7) is 3.47. The minimum Gasteiger partial charge on any atom is -0.387 e. The second-order valence-electron chi connectivity index (χ2n) is 5.10. The predicted molar refractivity (Wildman–Crippen MR) is 63.2 cm³/mol. The number of likely N-dealkylation sites (N-methyl/N-ethyl adjacent to an activating group) is 1. The number of hydrogen-bond donors (Lipinski definition) is 3. The van der Waals surface area contributed by atoms with Gasteiger partial charge in [0.25, 0.3) is 0 Å². The van der Waals surface area contributed by atoms with Crippen molar-refractivity contribution in [3.8, 4) is 0 Å². The van der Waals surface area contributed by atoms with Gasteiger partial charge < -0.3 is 20.6 Å². The largest absolute Gasteiger partial charge is 0.387 e. The van der Waals surface area contributed by atoms with E-state index in [9.17, 15) is 9.90 Å². The first-order valence-electron chi connectivity index (χ1n) is 5.79. The number of hydrogen-bond acceptors (Lipinski definition) is 4. The van der Waals surface area contributed by atoms with Gasteiger partial charge in [-0.2, -0.15) is 0 Å². The molecule has 2 unspecified atom stereocenters. The van der Waals surface area contributed by atoms with E-state index < -0.39 is 5.60 Å². The van der Waals surface area contributed by atoms with Crippen molar-refractivity contribution in [2.45, 2.75) is 31.4 Å². The fourth-order valence-electron chi connectivity index (χ4n) is 2.05. The van der Waals surface area contributed by atoms with Gasteiger partial charge in [0, 0.05) is 13.1 Å². The van der Waals surface area contributed by atoms with Crippen LogP contribution in [0.2, 0.25) is 0 Å². The molecule has 94 valence electrons. The van der Waals surface area contributed by atoms with Gasteiger partial charge in [-0.15, -0.1) is 0 Å². The molecule has 0 aromatic rings. The molecule has 0 spiro atoms. The van der Waals surface area contributed by atoms with Gasteiger partial charge in [0.05, 0.1) is 11.6 Å². The zero-order valence-electron chi connectivity index (χ0n) is 10.4. The van der Waals surface area contributed by atoms with Gasteiger partial charge in [0.2, 0.25) is 5.91 Å².